The number of aryl methyl sites for hydroxylation is 1. The maximum atomic E-state index is 12.4. The van der Waals surface area contributed by atoms with Gasteiger partial charge in [0, 0.05) is 24.8 Å². The first kappa shape index (κ1) is 22.8. The van der Waals surface area contributed by atoms with Gasteiger partial charge in [-0.15, -0.1) is 0 Å². The summed E-state index contributed by atoms with van der Waals surface area (Å²) in [5, 5.41) is 19.1. The van der Waals surface area contributed by atoms with E-state index in [1.165, 1.54) is 11.1 Å². The molecule has 1 heterocycles. The van der Waals surface area contributed by atoms with Gasteiger partial charge in [-0.3, -0.25) is 9.59 Å². The lowest BCUT2D eigenvalue weighted by molar-refractivity contribution is -0.137. The second-order valence-corrected chi connectivity index (χ2v) is 8.83. The Morgan fingerprint density at radius 3 is 2.86 bits per heavy atom. The molecule has 5 nitrogen and oxygen atoms in total. The topological polar surface area (TPSA) is 77.8 Å². The highest BCUT2D eigenvalue weighted by atomic mass is 32.2. The Hall–Kier alpha value is -1.53. The molecule has 1 aliphatic rings. The Kier molecular flexibility index (Phi) is 9.85. The third kappa shape index (κ3) is 7.84. The van der Waals surface area contributed by atoms with E-state index in [4.69, 9.17) is 5.11 Å². The Morgan fingerprint density at radius 1 is 1.32 bits per heavy atom. The maximum Gasteiger partial charge on any atom is 0.304 e. The molecule has 1 amide bonds. The van der Waals surface area contributed by atoms with Crippen molar-refractivity contribution < 1.29 is 19.8 Å². The number of hydrogen-bond acceptors (Lipinski definition) is 4. The highest BCUT2D eigenvalue weighted by molar-refractivity contribution is 7.99. The van der Waals surface area contributed by atoms with Crippen LogP contribution in [0.1, 0.15) is 56.1 Å². The lowest BCUT2D eigenvalue weighted by atomic mass is 9.93. The van der Waals surface area contributed by atoms with Crippen LogP contribution in [-0.2, 0) is 16.0 Å². The van der Waals surface area contributed by atoms with E-state index in [1.807, 2.05) is 17.0 Å². The molecule has 6 heteroatoms. The van der Waals surface area contributed by atoms with Gasteiger partial charge in [-0.05, 0) is 62.3 Å². The van der Waals surface area contributed by atoms with Crippen LogP contribution in [0, 0.1) is 6.92 Å². The molecule has 0 spiro atoms. The van der Waals surface area contributed by atoms with Crippen LogP contribution in [0.2, 0.25) is 0 Å². The van der Waals surface area contributed by atoms with Crippen molar-refractivity contribution in [2.45, 2.75) is 70.4 Å². The Bertz CT molecular complexity index is 637. The molecule has 0 radical (unpaired) electrons. The van der Waals surface area contributed by atoms with Crippen molar-refractivity contribution in [3.8, 4) is 0 Å². The number of benzene rings is 1. The second kappa shape index (κ2) is 12.1. The summed E-state index contributed by atoms with van der Waals surface area (Å²) in [6.45, 7) is 2.80. The summed E-state index contributed by atoms with van der Waals surface area (Å²) in [5.74, 6) is 0.959. The van der Waals surface area contributed by atoms with Crippen LogP contribution in [0.4, 0.5) is 0 Å². The summed E-state index contributed by atoms with van der Waals surface area (Å²) < 4.78 is 0. The zero-order valence-corrected chi connectivity index (χ0v) is 17.6. The van der Waals surface area contributed by atoms with E-state index in [0.29, 0.717) is 25.0 Å². The molecule has 2 N–H and O–H groups in total. The molecule has 28 heavy (non-hydrogen) atoms. The first-order valence-electron chi connectivity index (χ1n) is 10.3. The molecule has 1 aliphatic heterocycles. The highest BCUT2D eigenvalue weighted by Crippen LogP contribution is 2.24. The molecular formula is C22H33NO4S. The van der Waals surface area contributed by atoms with Crippen LogP contribution < -0.4 is 0 Å². The van der Waals surface area contributed by atoms with Crippen molar-refractivity contribution in [3.63, 3.8) is 0 Å². The fraction of sp³-hybridized carbons (Fsp3) is 0.636. The number of hydrogen-bond donors (Lipinski definition) is 2. The largest absolute Gasteiger partial charge is 0.481 e. The van der Waals surface area contributed by atoms with E-state index < -0.39 is 5.97 Å². The summed E-state index contributed by atoms with van der Waals surface area (Å²) >= 11 is 1.63. The van der Waals surface area contributed by atoms with E-state index >= 15 is 0 Å². The number of carbonyl (C=O) groups is 2. The van der Waals surface area contributed by atoms with Crippen molar-refractivity contribution in [3.05, 3.63) is 35.4 Å². The van der Waals surface area contributed by atoms with Crippen molar-refractivity contribution in [2.24, 2.45) is 0 Å². The Labute approximate surface area is 172 Å². The van der Waals surface area contributed by atoms with Gasteiger partial charge in [0.15, 0.2) is 0 Å². The smallest absolute Gasteiger partial charge is 0.304 e. The third-order valence-corrected chi connectivity index (χ3v) is 6.46. The minimum absolute atomic E-state index is 0.189. The first-order valence-corrected chi connectivity index (χ1v) is 11.4. The second-order valence-electron chi connectivity index (χ2n) is 7.60. The van der Waals surface area contributed by atoms with Gasteiger partial charge < -0.3 is 15.1 Å². The van der Waals surface area contributed by atoms with Crippen LogP contribution in [0.15, 0.2) is 24.3 Å². The quantitative estimate of drug-likeness (QED) is 0.517. The van der Waals surface area contributed by atoms with Crippen molar-refractivity contribution >= 4 is 23.6 Å². The normalized spacial score (nSPS) is 18.3. The van der Waals surface area contributed by atoms with Crippen LogP contribution in [0.3, 0.4) is 0 Å². The predicted molar refractivity (Wildman–Crippen MR) is 114 cm³/mol. The number of thioether (sulfide) groups is 1. The Balaban J connectivity index is 1.75. The van der Waals surface area contributed by atoms with Gasteiger partial charge in [-0.1, -0.05) is 24.3 Å². The molecule has 2 rings (SSSR count). The predicted octanol–water partition coefficient (Wildman–Crippen LogP) is 3.66. The molecular weight excluding hydrogens is 374 g/mol. The fourth-order valence-corrected chi connectivity index (χ4v) is 4.63. The average Bonchev–Trinajstić information content (AvgIpc) is 2.66. The number of nitrogens with zero attached hydrogens (tertiary/aromatic N) is 1. The van der Waals surface area contributed by atoms with E-state index in [-0.39, 0.29) is 24.5 Å². The van der Waals surface area contributed by atoms with Gasteiger partial charge in [-0.2, -0.15) is 11.8 Å². The number of carbonyl (C=O) groups excluding carboxylic acids is 1. The fourth-order valence-electron chi connectivity index (χ4n) is 3.78. The van der Waals surface area contributed by atoms with Crippen LogP contribution in [0.5, 0.6) is 0 Å². The number of aliphatic hydroxyl groups is 1. The summed E-state index contributed by atoms with van der Waals surface area (Å²) in [4.78, 5) is 24.9. The standard InChI is InChI=1S/C22H33NO4S/c1-17-6-2-3-7-18(17)16-20(24)11-10-19-8-4-9-21(25)23(19)13-5-14-28-15-12-22(26)27/h2-3,6-7,19-20,24H,4-5,8-16H2,1H3,(H,26,27)/t19-,20?/m1/s1. The number of aliphatic hydroxyl groups excluding tert-OH is 1. The minimum Gasteiger partial charge on any atom is -0.481 e. The molecule has 1 aromatic carbocycles. The summed E-state index contributed by atoms with van der Waals surface area (Å²) in [6, 6.07) is 8.37. The SMILES string of the molecule is Cc1ccccc1CC(O)CC[C@H]1CCCC(=O)N1CCCSCCC(=O)O. The lowest BCUT2D eigenvalue weighted by Gasteiger charge is -2.36. The van der Waals surface area contributed by atoms with Crippen molar-refractivity contribution in [1.29, 1.82) is 0 Å². The number of likely N-dealkylation sites (tertiary alicyclic amines) is 1. The maximum absolute atomic E-state index is 12.4. The molecule has 2 atom stereocenters. The van der Waals surface area contributed by atoms with Gasteiger partial charge >= 0.3 is 5.97 Å². The molecule has 1 fully saturated rings. The number of amides is 1. The molecule has 0 aliphatic carbocycles. The molecule has 1 aromatic rings. The number of carboxylic acid groups (broad SMARTS) is 1. The molecule has 0 saturated carbocycles. The van der Waals surface area contributed by atoms with Gasteiger partial charge in [-0.25, -0.2) is 0 Å². The van der Waals surface area contributed by atoms with Gasteiger partial charge in [0.05, 0.1) is 12.5 Å². The molecule has 0 aromatic heterocycles. The number of carboxylic acids is 1. The van der Waals surface area contributed by atoms with Crippen LogP contribution >= 0.6 is 11.8 Å². The number of piperidine rings is 1. The lowest BCUT2D eigenvalue weighted by Crippen LogP contribution is -2.44. The van der Waals surface area contributed by atoms with Gasteiger partial charge in [0.2, 0.25) is 5.91 Å². The van der Waals surface area contributed by atoms with Crippen LogP contribution in [0.25, 0.3) is 0 Å². The zero-order valence-electron chi connectivity index (χ0n) is 16.8. The van der Waals surface area contributed by atoms with E-state index in [1.54, 1.807) is 11.8 Å². The monoisotopic (exact) mass is 407 g/mol. The summed E-state index contributed by atoms with van der Waals surface area (Å²) in [7, 11) is 0. The van der Waals surface area contributed by atoms with Crippen molar-refractivity contribution in [2.75, 3.05) is 18.1 Å². The van der Waals surface area contributed by atoms with E-state index in [9.17, 15) is 14.7 Å². The summed E-state index contributed by atoms with van der Waals surface area (Å²) in [5.41, 5.74) is 2.39. The average molecular weight is 408 g/mol. The highest BCUT2D eigenvalue weighted by Gasteiger charge is 2.27. The van der Waals surface area contributed by atoms with E-state index in [2.05, 4.69) is 19.1 Å². The number of aliphatic carboxylic acids is 1. The van der Waals surface area contributed by atoms with Gasteiger partial charge in [0.1, 0.15) is 0 Å². The number of rotatable bonds is 12. The summed E-state index contributed by atoms with van der Waals surface area (Å²) in [6.07, 6.45) is 5.46. The van der Waals surface area contributed by atoms with Gasteiger partial charge in [0.25, 0.3) is 0 Å². The first-order chi connectivity index (χ1) is 13.5. The van der Waals surface area contributed by atoms with E-state index in [0.717, 1.165) is 38.0 Å². The molecule has 0 bridgehead atoms. The Morgan fingerprint density at radius 2 is 2.11 bits per heavy atom. The molecule has 1 saturated heterocycles. The third-order valence-electron chi connectivity index (χ3n) is 5.39. The van der Waals surface area contributed by atoms with Crippen LogP contribution in [-0.4, -0.2) is 57.2 Å². The molecule has 156 valence electrons. The molecule has 1 unspecified atom stereocenters. The minimum atomic E-state index is -0.761. The van der Waals surface area contributed by atoms with Crippen molar-refractivity contribution in [1.82, 2.24) is 4.90 Å². The zero-order chi connectivity index (χ0) is 20.4.